The minimum Gasteiger partial charge on any atom is -0.386 e. The van der Waals surface area contributed by atoms with Crippen molar-refractivity contribution in [2.24, 2.45) is 11.3 Å². The Morgan fingerprint density at radius 3 is 2.74 bits per heavy atom. The summed E-state index contributed by atoms with van der Waals surface area (Å²) < 4.78 is 18.0. The summed E-state index contributed by atoms with van der Waals surface area (Å²) in [6.07, 6.45) is 5.14. The quantitative estimate of drug-likeness (QED) is 0.651. The van der Waals surface area contributed by atoms with Gasteiger partial charge < -0.3 is 24.4 Å². The van der Waals surface area contributed by atoms with Crippen molar-refractivity contribution in [1.29, 1.82) is 0 Å². The fourth-order valence-electron chi connectivity index (χ4n) is 8.09. The molecule has 34 heavy (non-hydrogen) atoms. The highest BCUT2D eigenvalue weighted by Gasteiger charge is 2.75. The zero-order chi connectivity index (χ0) is 23.8. The van der Waals surface area contributed by atoms with Crippen LogP contribution >= 0.6 is 0 Å². The number of fused-ring (bicyclic) bond motifs is 9. The standard InChI is InChI=1S/C28H34O6/c1-14(19-13-25(2)27(4,34-25)24(30)32-19)15-7-9-17-16(12-15)8-10-18-21(17)22-23(33-22)28(31)11-5-6-20(29)26(18,28)3/h5-7,9,12,14,18-19,21-24,30-31H,8,10-11,13H2,1-4H3/t14-,18+,19-,21-,22+,23-,24-,25-,26-,27-,28+/m0/s1. The number of allylic oxidation sites excluding steroid dienone is 1. The number of aryl methyl sites for hydroxylation is 1. The van der Waals surface area contributed by atoms with Crippen molar-refractivity contribution >= 4 is 5.78 Å². The molecule has 1 aromatic carbocycles. The molecule has 1 aromatic rings. The van der Waals surface area contributed by atoms with Gasteiger partial charge in [-0.15, -0.1) is 0 Å². The Bertz CT molecular complexity index is 1130. The third-order valence-corrected chi connectivity index (χ3v) is 10.8. The van der Waals surface area contributed by atoms with Crippen LogP contribution in [0.25, 0.3) is 0 Å². The van der Waals surface area contributed by atoms with Crippen LogP contribution in [0.1, 0.15) is 75.5 Å². The predicted molar refractivity (Wildman–Crippen MR) is 123 cm³/mol. The van der Waals surface area contributed by atoms with E-state index >= 15 is 0 Å². The van der Waals surface area contributed by atoms with E-state index < -0.39 is 22.9 Å². The molecule has 0 spiro atoms. The van der Waals surface area contributed by atoms with Gasteiger partial charge >= 0.3 is 0 Å². The van der Waals surface area contributed by atoms with E-state index in [4.69, 9.17) is 14.2 Å². The number of hydrogen-bond acceptors (Lipinski definition) is 6. The van der Waals surface area contributed by atoms with Crippen LogP contribution in [-0.2, 0) is 25.4 Å². The van der Waals surface area contributed by atoms with Gasteiger partial charge in [0.05, 0.1) is 17.6 Å². The van der Waals surface area contributed by atoms with Crippen molar-refractivity contribution in [1.82, 2.24) is 0 Å². The van der Waals surface area contributed by atoms with Gasteiger partial charge in [-0.25, -0.2) is 0 Å². The number of ketones is 1. The lowest BCUT2D eigenvalue weighted by Crippen LogP contribution is -2.65. The number of hydrogen-bond donors (Lipinski definition) is 2. The third-order valence-electron chi connectivity index (χ3n) is 10.8. The summed E-state index contributed by atoms with van der Waals surface area (Å²) in [6, 6.07) is 6.68. The molecule has 6 nitrogen and oxygen atoms in total. The number of carbonyl (C=O) groups is 1. The van der Waals surface area contributed by atoms with Crippen molar-refractivity contribution in [2.45, 2.75) is 107 Å². The number of benzene rings is 1. The van der Waals surface area contributed by atoms with E-state index in [2.05, 4.69) is 32.0 Å². The first kappa shape index (κ1) is 21.7. The van der Waals surface area contributed by atoms with Gasteiger partial charge in [-0.3, -0.25) is 4.79 Å². The summed E-state index contributed by atoms with van der Waals surface area (Å²) in [5.41, 5.74) is 0.920. The monoisotopic (exact) mass is 466 g/mol. The van der Waals surface area contributed by atoms with Gasteiger partial charge in [0.2, 0.25) is 0 Å². The average molecular weight is 467 g/mol. The predicted octanol–water partition coefficient (Wildman–Crippen LogP) is 3.14. The van der Waals surface area contributed by atoms with E-state index in [1.165, 1.54) is 16.7 Å². The second kappa shape index (κ2) is 6.40. The van der Waals surface area contributed by atoms with Crippen LogP contribution < -0.4 is 0 Å². The van der Waals surface area contributed by atoms with Crippen molar-refractivity contribution in [3.8, 4) is 0 Å². The summed E-state index contributed by atoms with van der Waals surface area (Å²) in [7, 11) is 0. The lowest BCUT2D eigenvalue weighted by molar-refractivity contribution is -0.187. The van der Waals surface area contributed by atoms with Crippen molar-refractivity contribution in [3.05, 3.63) is 47.0 Å². The molecular formula is C28H34O6. The smallest absolute Gasteiger partial charge is 0.186 e. The number of ether oxygens (including phenoxy) is 3. The summed E-state index contributed by atoms with van der Waals surface area (Å²) >= 11 is 0. The number of epoxide rings is 2. The second-order valence-electron chi connectivity index (χ2n) is 12.2. The van der Waals surface area contributed by atoms with E-state index in [9.17, 15) is 15.0 Å². The number of rotatable bonds is 2. The highest BCUT2D eigenvalue weighted by molar-refractivity contribution is 5.97. The van der Waals surface area contributed by atoms with Gasteiger partial charge in [-0.1, -0.05) is 31.2 Å². The molecule has 3 aliphatic heterocycles. The minimum atomic E-state index is -1.11. The molecule has 11 atom stereocenters. The molecule has 4 fully saturated rings. The average Bonchev–Trinajstić information content (AvgIpc) is 3.70. The molecule has 0 unspecified atom stereocenters. The second-order valence-corrected chi connectivity index (χ2v) is 12.2. The van der Waals surface area contributed by atoms with E-state index in [-0.39, 0.29) is 47.4 Å². The molecule has 0 aromatic heterocycles. The van der Waals surface area contributed by atoms with Crippen LogP contribution in [0.5, 0.6) is 0 Å². The SMILES string of the molecule is C[C@@H](c1ccc2c(c1)CC[C@@H]1[C@H]2[C@H]2O[C@@H]2[C@]2(O)CC=CC(=O)[C@]12C)[C@@H]1C[C@]2(C)O[C@@]2(C)[C@@H](O)O1. The van der Waals surface area contributed by atoms with E-state index in [0.717, 1.165) is 19.3 Å². The highest BCUT2D eigenvalue weighted by atomic mass is 16.7. The summed E-state index contributed by atoms with van der Waals surface area (Å²) in [4.78, 5) is 13.2. The van der Waals surface area contributed by atoms with Crippen molar-refractivity contribution in [2.75, 3.05) is 0 Å². The molecular weight excluding hydrogens is 432 g/mol. The molecule has 3 saturated heterocycles. The van der Waals surface area contributed by atoms with Crippen LogP contribution in [0.2, 0.25) is 0 Å². The van der Waals surface area contributed by atoms with E-state index in [1.54, 1.807) is 6.08 Å². The zero-order valence-corrected chi connectivity index (χ0v) is 20.3. The summed E-state index contributed by atoms with van der Waals surface area (Å²) in [5, 5.41) is 22.1. The fraction of sp³-hybridized carbons (Fsp3) is 0.679. The number of aliphatic hydroxyl groups excluding tert-OH is 1. The Labute approximate surface area is 200 Å². The maximum atomic E-state index is 13.2. The Morgan fingerprint density at radius 2 is 1.97 bits per heavy atom. The van der Waals surface area contributed by atoms with Crippen LogP contribution in [0.15, 0.2) is 30.4 Å². The Balaban J connectivity index is 1.20. The van der Waals surface area contributed by atoms with E-state index in [0.29, 0.717) is 6.42 Å². The third kappa shape index (κ3) is 2.42. The molecule has 6 aliphatic rings. The van der Waals surface area contributed by atoms with Gasteiger partial charge in [-0.2, -0.15) is 0 Å². The Kier molecular flexibility index (Phi) is 4.08. The number of aliphatic hydroxyl groups is 2. The molecule has 182 valence electrons. The highest BCUT2D eigenvalue weighted by Crippen LogP contribution is 2.66. The summed E-state index contributed by atoms with van der Waals surface area (Å²) in [5.74, 6) is 0.351. The molecule has 1 saturated carbocycles. The topological polar surface area (TPSA) is 91.8 Å². The largest absolute Gasteiger partial charge is 0.386 e. The molecule has 0 radical (unpaired) electrons. The molecule has 3 heterocycles. The van der Waals surface area contributed by atoms with E-state index in [1.807, 2.05) is 19.9 Å². The molecule has 3 aliphatic carbocycles. The van der Waals surface area contributed by atoms with Gasteiger partial charge in [-0.05, 0) is 68.7 Å². The van der Waals surface area contributed by atoms with Crippen LogP contribution in [0.3, 0.4) is 0 Å². The van der Waals surface area contributed by atoms with Gasteiger partial charge in [0.1, 0.15) is 22.9 Å². The first-order valence-electron chi connectivity index (χ1n) is 12.8. The van der Waals surface area contributed by atoms with Gasteiger partial charge in [0, 0.05) is 18.3 Å². The molecule has 0 bridgehead atoms. The fourth-order valence-corrected chi connectivity index (χ4v) is 8.09. The van der Waals surface area contributed by atoms with Crippen molar-refractivity contribution in [3.63, 3.8) is 0 Å². The van der Waals surface area contributed by atoms with Crippen molar-refractivity contribution < 1.29 is 29.2 Å². The first-order valence-corrected chi connectivity index (χ1v) is 12.8. The Morgan fingerprint density at radius 1 is 1.18 bits per heavy atom. The van der Waals surface area contributed by atoms with Crippen LogP contribution in [-0.4, -0.2) is 57.4 Å². The minimum absolute atomic E-state index is 0.0221. The zero-order valence-electron chi connectivity index (χ0n) is 20.3. The lowest BCUT2D eigenvalue weighted by atomic mass is 9.48. The molecule has 0 amide bonds. The van der Waals surface area contributed by atoms with Crippen LogP contribution in [0, 0.1) is 11.3 Å². The Hall–Kier alpha value is -1.57. The maximum absolute atomic E-state index is 13.2. The normalized spacial score (nSPS) is 53.1. The van der Waals surface area contributed by atoms with Gasteiger partial charge in [0.25, 0.3) is 0 Å². The molecule has 2 N–H and O–H groups in total. The summed E-state index contributed by atoms with van der Waals surface area (Å²) in [6.45, 7) is 8.10. The molecule has 6 heteroatoms. The molecule has 7 rings (SSSR count). The van der Waals surface area contributed by atoms with Gasteiger partial charge in [0.15, 0.2) is 12.1 Å². The number of carbonyl (C=O) groups excluding carboxylic acids is 1. The first-order chi connectivity index (χ1) is 16.0. The lowest BCUT2D eigenvalue weighted by Gasteiger charge is -2.55. The van der Waals surface area contributed by atoms with Crippen LogP contribution in [0.4, 0.5) is 0 Å². The maximum Gasteiger partial charge on any atom is 0.186 e.